The molecule has 442 valence electrons. The van der Waals surface area contributed by atoms with Crippen LogP contribution in [0.25, 0.3) is 0 Å². The number of rotatable bonds is 57. The van der Waals surface area contributed by atoms with E-state index < -0.39 is 6.10 Å². The standard InChI is InChI=1S/C72H118O6/c1-4-7-10-13-16-18-20-22-24-26-28-30-32-34-36-38-40-42-44-46-48-50-52-54-56-59-62-65-71(74)77-68-69(67-76-70(73)64-61-58-15-12-9-6-3)78-72(75)66-63-60-57-55-53-51-49-47-45-43-41-39-37-35-33-31-29-27-25-23-21-19-17-14-11-8-5-2/h7-8,10-11,16-19,22-25,28-31,34-37,40,42,69H,4-6,9,12-15,20-21,26-27,32-33,38-39,41,43-68H2,1-3H3/b10-7-,11-8-,18-16-,19-17-,24-22-,25-23-,30-28-,31-29-,36-34-,37-35-,42-40-. The number of esters is 3. The van der Waals surface area contributed by atoms with Gasteiger partial charge in [-0.2, -0.15) is 0 Å². The molecule has 0 spiro atoms. The van der Waals surface area contributed by atoms with E-state index in [1.807, 2.05) is 0 Å². The van der Waals surface area contributed by atoms with E-state index in [2.05, 4.69) is 154 Å². The first-order valence-electron chi connectivity index (χ1n) is 32.2. The van der Waals surface area contributed by atoms with E-state index in [0.717, 1.165) is 135 Å². The Labute approximate surface area is 481 Å². The van der Waals surface area contributed by atoms with Gasteiger partial charge in [0.15, 0.2) is 6.10 Å². The third kappa shape index (κ3) is 62.4. The summed E-state index contributed by atoms with van der Waals surface area (Å²) in [5, 5.41) is 0. The molecule has 0 heterocycles. The molecule has 0 saturated carbocycles. The van der Waals surface area contributed by atoms with Crippen LogP contribution in [0, 0.1) is 0 Å². The molecular formula is C72H118O6. The molecule has 0 bridgehead atoms. The second-order valence-corrected chi connectivity index (χ2v) is 20.9. The number of carbonyl (C=O) groups excluding carboxylic acids is 3. The van der Waals surface area contributed by atoms with Gasteiger partial charge in [-0.15, -0.1) is 0 Å². The first kappa shape index (κ1) is 73.5. The molecule has 0 aliphatic carbocycles. The van der Waals surface area contributed by atoms with Crippen LogP contribution in [0.2, 0.25) is 0 Å². The van der Waals surface area contributed by atoms with Crippen molar-refractivity contribution in [2.75, 3.05) is 13.2 Å². The number of hydrogen-bond donors (Lipinski definition) is 0. The van der Waals surface area contributed by atoms with Gasteiger partial charge in [0.25, 0.3) is 0 Å². The fraction of sp³-hybridized carbons (Fsp3) is 0.653. The zero-order valence-corrected chi connectivity index (χ0v) is 50.6. The molecule has 0 aromatic rings. The lowest BCUT2D eigenvalue weighted by Crippen LogP contribution is -2.30. The van der Waals surface area contributed by atoms with Crippen LogP contribution in [-0.2, 0) is 28.6 Å². The third-order valence-corrected chi connectivity index (χ3v) is 13.4. The average molecular weight is 1080 g/mol. The molecule has 0 aromatic heterocycles. The molecule has 0 aliphatic rings. The summed E-state index contributed by atoms with van der Waals surface area (Å²) in [5.74, 6) is -0.904. The van der Waals surface area contributed by atoms with Crippen molar-refractivity contribution in [3.63, 3.8) is 0 Å². The molecule has 0 N–H and O–H groups in total. The second kappa shape index (κ2) is 65.1. The molecule has 1 unspecified atom stereocenters. The van der Waals surface area contributed by atoms with Gasteiger partial charge in [0.05, 0.1) is 0 Å². The maximum atomic E-state index is 12.9. The van der Waals surface area contributed by atoms with Crippen molar-refractivity contribution in [1.82, 2.24) is 0 Å². The SMILES string of the molecule is CC/C=C\C/C=C\C/C=C\C/C=C\C/C=C\C/C=C\CCCCCCCCCCC(=O)OCC(COC(=O)CCCCCCCC)OC(=O)CCCCCCCCCCCCC/C=C\C/C=C\C/C=C\C/C=C\C/C=C\CC. The Kier molecular flexibility index (Phi) is 61.4. The Balaban J connectivity index is 4.14. The molecule has 0 aromatic carbocycles. The van der Waals surface area contributed by atoms with Crippen molar-refractivity contribution in [3.8, 4) is 0 Å². The molecule has 0 amide bonds. The van der Waals surface area contributed by atoms with Gasteiger partial charge in [0.2, 0.25) is 0 Å². The highest BCUT2D eigenvalue weighted by molar-refractivity contribution is 5.71. The summed E-state index contributed by atoms with van der Waals surface area (Å²) < 4.78 is 16.8. The Hall–Kier alpha value is -4.45. The lowest BCUT2D eigenvalue weighted by atomic mass is 10.0. The lowest BCUT2D eigenvalue weighted by Gasteiger charge is -2.18. The smallest absolute Gasteiger partial charge is 0.306 e. The van der Waals surface area contributed by atoms with E-state index in [1.54, 1.807) is 0 Å². The van der Waals surface area contributed by atoms with Gasteiger partial charge in [-0.3, -0.25) is 14.4 Å². The predicted molar refractivity (Wildman–Crippen MR) is 339 cm³/mol. The largest absolute Gasteiger partial charge is 0.462 e. The molecule has 0 fully saturated rings. The van der Waals surface area contributed by atoms with Crippen LogP contribution in [0.5, 0.6) is 0 Å². The van der Waals surface area contributed by atoms with Crippen molar-refractivity contribution in [1.29, 1.82) is 0 Å². The van der Waals surface area contributed by atoms with Crippen LogP contribution in [-0.4, -0.2) is 37.2 Å². The van der Waals surface area contributed by atoms with Crippen LogP contribution >= 0.6 is 0 Å². The highest BCUT2D eigenvalue weighted by Gasteiger charge is 2.19. The van der Waals surface area contributed by atoms with Crippen molar-refractivity contribution in [3.05, 3.63) is 134 Å². The number of ether oxygens (including phenoxy) is 3. The van der Waals surface area contributed by atoms with Gasteiger partial charge in [-0.1, -0.05) is 283 Å². The first-order valence-corrected chi connectivity index (χ1v) is 32.2. The summed E-state index contributed by atoms with van der Waals surface area (Å²) in [6.07, 6.45) is 92.0. The summed E-state index contributed by atoms with van der Waals surface area (Å²) >= 11 is 0. The highest BCUT2D eigenvalue weighted by atomic mass is 16.6. The van der Waals surface area contributed by atoms with Gasteiger partial charge in [-0.05, 0) is 116 Å². The summed E-state index contributed by atoms with van der Waals surface area (Å²) in [4.78, 5) is 38.0. The normalized spacial score (nSPS) is 13.0. The molecule has 0 saturated heterocycles. The van der Waals surface area contributed by atoms with Crippen molar-refractivity contribution < 1.29 is 28.6 Å². The Morgan fingerprint density at radius 1 is 0.269 bits per heavy atom. The maximum Gasteiger partial charge on any atom is 0.306 e. The van der Waals surface area contributed by atoms with Gasteiger partial charge >= 0.3 is 17.9 Å². The molecular weight excluding hydrogens is 961 g/mol. The summed E-state index contributed by atoms with van der Waals surface area (Å²) in [6, 6.07) is 0. The van der Waals surface area contributed by atoms with Crippen molar-refractivity contribution in [2.45, 2.75) is 290 Å². The minimum atomic E-state index is -0.785. The third-order valence-electron chi connectivity index (χ3n) is 13.4. The number of hydrogen-bond acceptors (Lipinski definition) is 6. The van der Waals surface area contributed by atoms with Crippen LogP contribution in [0.1, 0.15) is 284 Å². The summed E-state index contributed by atoms with van der Waals surface area (Å²) in [6.45, 7) is 6.35. The zero-order valence-electron chi connectivity index (χ0n) is 50.6. The van der Waals surface area contributed by atoms with E-state index in [4.69, 9.17) is 14.2 Å². The van der Waals surface area contributed by atoms with Crippen molar-refractivity contribution in [2.24, 2.45) is 0 Å². The average Bonchev–Trinajstić information content (AvgIpc) is 3.44. The molecule has 6 nitrogen and oxygen atoms in total. The Morgan fingerprint density at radius 2 is 0.500 bits per heavy atom. The van der Waals surface area contributed by atoms with E-state index in [9.17, 15) is 14.4 Å². The minimum absolute atomic E-state index is 0.0839. The van der Waals surface area contributed by atoms with Crippen LogP contribution in [0.15, 0.2) is 134 Å². The quantitative estimate of drug-likeness (QED) is 0.0261. The minimum Gasteiger partial charge on any atom is -0.462 e. The van der Waals surface area contributed by atoms with Gasteiger partial charge in [0, 0.05) is 19.3 Å². The van der Waals surface area contributed by atoms with Gasteiger partial charge in [-0.25, -0.2) is 0 Å². The fourth-order valence-electron chi connectivity index (χ4n) is 8.65. The molecule has 0 rings (SSSR count). The molecule has 1 atom stereocenters. The molecule has 78 heavy (non-hydrogen) atoms. The first-order chi connectivity index (χ1) is 38.5. The zero-order chi connectivity index (χ0) is 56.4. The summed E-state index contributed by atoms with van der Waals surface area (Å²) in [7, 11) is 0. The van der Waals surface area contributed by atoms with E-state index in [1.165, 1.54) is 109 Å². The lowest BCUT2D eigenvalue weighted by molar-refractivity contribution is -0.167. The monoisotopic (exact) mass is 1080 g/mol. The molecule has 0 radical (unpaired) electrons. The van der Waals surface area contributed by atoms with E-state index >= 15 is 0 Å². The number of unbranched alkanes of at least 4 members (excludes halogenated alkanes) is 24. The van der Waals surface area contributed by atoms with Crippen LogP contribution in [0.4, 0.5) is 0 Å². The molecule has 6 heteroatoms. The van der Waals surface area contributed by atoms with Gasteiger partial charge < -0.3 is 14.2 Å². The highest BCUT2D eigenvalue weighted by Crippen LogP contribution is 2.16. The van der Waals surface area contributed by atoms with Crippen LogP contribution in [0.3, 0.4) is 0 Å². The van der Waals surface area contributed by atoms with Crippen LogP contribution < -0.4 is 0 Å². The maximum absolute atomic E-state index is 12.9. The van der Waals surface area contributed by atoms with Crippen molar-refractivity contribution >= 4 is 17.9 Å². The Bertz CT molecular complexity index is 1670. The van der Waals surface area contributed by atoms with E-state index in [-0.39, 0.29) is 31.1 Å². The van der Waals surface area contributed by atoms with Gasteiger partial charge in [0.1, 0.15) is 13.2 Å². The van der Waals surface area contributed by atoms with E-state index in [0.29, 0.717) is 19.3 Å². The second-order valence-electron chi connectivity index (χ2n) is 20.9. The molecule has 0 aliphatic heterocycles. The predicted octanol–water partition coefficient (Wildman–Crippen LogP) is 22.2. The number of carbonyl (C=O) groups is 3. The Morgan fingerprint density at radius 3 is 0.782 bits per heavy atom. The topological polar surface area (TPSA) is 78.9 Å². The number of allylic oxidation sites excluding steroid dienone is 22. The summed E-state index contributed by atoms with van der Waals surface area (Å²) in [5.41, 5.74) is 0. The fourth-order valence-corrected chi connectivity index (χ4v) is 8.65.